The van der Waals surface area contributed by atoms with Crippen LogP contribution >= 0.6 is 0 Å². The van der Waals surface area contributed by atoms with Gasteiger partial charge in [-0.3, -0.25) is 0 Å². The predicted octanol–water partition coefficient (Wildman–Crippen LogP) is 1.99. The van der Waals surface area contributed by atoms with Crippen LogP contribution in [0.4, 0.5) is 0 Å². The number of rotatable bonds is 7. The lowest BCUT2D eigenvalue weighted by atomic mass is 9.88. The van der Waals surface area contributed by atoms with Crippen LogP contribution in [0.25, 0.3) is 0 Å². The first-order valence-corrected chi connectivity index (χ1v) is 7.20. The van der Waals surface area contributed by atoms with Gasteiger partial charge < -0.3 is 15.7 Å². The maximum Gasteiger partial charge on any atom is 0.0797 e. The standard InChI is InChI=1S/C14H30N2O/c1-4-9-16(12(2)3)10-7-13-6-5-8-14(13,17)11-15/h12-13,17H,4-11,15H2,1-3H3. The quantitative estimate of drug-likeness (QED) is 0.718. The second kappa shape index (κ2) is 6.72. The summed E-state index contributed by atoms with van der Waals surface area (Å²) in [5, 5.41) is 10.4. The second-order valence-electron chi connectivity index (χ2n) is 5.82. The first-order chi connectivity index (χ1) is 8.03. The molecular weight excluding hydrogens is 212 g/mol. The van der Waals surface area contributed by atoms with E-state index < -0.39 is 5.60 Å². The van der Waals surface area contributed by atoms with Gasteiger partial charge in [-0.05, 0) is 58.5 Å². The summed E-state index contributed by atoms with van der Waals surface area (Å²) in [6, 6.07) is 0.599. The number of aliphatic hydroxyl groups is 1. The minimum Gasteiger partial charge on any atom is -0.388 e. The molecule has 0 aromatic heterocycles. The molecule has 0 amide bonds. The Labute approximate surface area is 106 Å². The summed E-state index contributed by atoms with van der Waals surface area (Å²) in [6.07, 6.45) is 5.46. The number of nitrogens with two attached hydrogens (primary N) is 1. The van der Waals surface area contributed by atoms with Crippen LogP contribution in [0.1, 0.15) is 52.9 Å². The van der Waals surface area contributed by atoms with E-state index in [1.807, 2.05) is 0 Å². The van der Waals surface area contributed by atoms with Gasteiger partial charge in [-0.2, -0.15) is 0 Å². The summed E-state index contributed by atoms with van der Waals surface area (Å²) in [4.78, 5) is 2.51. The predicted molar refractivity (Wildman–Crippen MR) is 73.0 cm³/mol. The molecule has 1 aliphatic rings. The third kappa shape index (κ3) is 3.94. The third-order valence-corrected chi connectivity index (χ3v) is 4.28. The van der Waals surface area contributed by atoms with Crippen LogP contribution in [-0.4, -0.2) is 41.3 Å². The molecule has 0 aromatic carbocycles. The van der Waals surface area contributed by atoms with E-state index in [4.69, 9.17) is 5.73 Å². The van der Waals surface area contributed by atoms with Crippen molar-refractivity contribution >= 4 is 0 Å². The molecule has 0 radical (unpaired) electrons. The van der Waals surface area contributed by atoms with Gasteiger partial charge in [-0.15, -0.1) is 0 Å². The molecule has 2 unspecified atom stereocenters. The van der Waals surface area contributed by atoms with E-state index >= 15 is 0 Å². The van der Waals surface area contributed by atoms with E-state index in [0.29, 0.717) is 18.5 Å². The lowest BCUT2D eigenvalue weighted by Crippen LogP contribution is -2.43. The Morgan fingerprint density at radius 3 is 2.65 bits per heavy atom. The summed E-state index contributed by atoms with van der Waals surface area (Å²) in [5.41, 5.74) is 5.15. The molecule has 102 valence electrons. The van der Waals surface area contributed by atoms with Gasteiger partial charge in [0.05, 0.1) is 5.60 Å². The Bertz CT molecular complexity index is 220. The van der Waals surface area contributed by atoms with Crippen LogP contribution in [0.15, 0.2) is 0 Å². The van der Waals surface area contributed by atoms with Crippen molar-refractivity contribution in [2.24, 2.45) is 11.7 Å². The fraction of sp³-hybridized carbons (Fsp3) is 1.00. The lowest BCUT2D eigenvalue weighted by Gasteiger charge is -2.32. The summed E-state index contributed by atoms with van der Waals surface area (Å²) in [5.74, 6) is 0.408. The minimum absolute atomic E-state index is 0.408. The zero-order valence-corrected chi connectivity index (χ0v) is 11.8. The van der Waals surface area contributed by atoms with Gasteiger partial charge >= 0.3 is 0 Å². The first-order valence-electron chi connectivity index (χ1n) is 7.20. The van der Waals surface area contributed by atoms with E-state index in [-0.39, 0.29) is 0 Å². The number of nitrogens with zero attached hydrogens (tertiary/aromatic N) is 1. The van der Waals surface area contributed by atoms with E-state index in [2.05, 4.69) is 25.7 Å². The monoisotopic (exact) mass is 242 g/mol. The highest BCUT2D eigenvalue weighted by Crippen LogP contribution is 2.37. The van der Waals surface area contributed by atoms with Crippen LogP contribution in [0.3, 0.4) is 0 Å². The highest BCUT2D eigenvalue weighted by atomic mass is 16.3. The molecule has 3 heteroatoms. The highest BCUT2D eigenvalue weighted by molar-refractivity contribution is 4.93. The van der Waals surface area contributed by atoms with Crippen LogP contribution < -0.4 is 5.73 Å². The Morgan fingerprint density at radius 1 is 1.41 bits per heavy atom. The first kappa shape index (κ1) is 14.9. The maximum absolute atomic E-state index is 10.4. The van der Waals surface area contributed by atoms with E-state index in [1.54, 1.807) is 0 Å². The van der Waals surface area contributed by atoms with Gasteiger partial charge in [-0.25, -0.2) is 0 Å². The van der Waals surface area contributed by atoms with Gasteiger partial charge in [0, 0.05) is 12.6 Å². The normalized spacial score (nSPS) is 29.5. The molecule has 0 aromatic rings. The van der Waals surface area contributed by atoms with Crippen molar-refractivity contribution in [3.05, 3.63) is 0 Å². The Morgan fingerprint density at radius 2 is 2.12 bits per heavy atom. The van der Waals surface area contributed by atoms with Crippen LogP contribution in [0.2, 0.25) is 0 Å². The van der Waals surface area contributed by atoms with Crippen molar-refractivity contribution in [1.82, 2.24) is 4.90 Å². The molecule has 2 atom stereocenters. The average Bonchev–Trinajstić information content (AvgIpc) is 2.66. The zero-order valence-electron chi connectivity index (χ0n) is 11.8. The van der Waals surface area contributed by atoms with E-state index in [0.717, 1.165) is 38.8 Å². The molecule has 1 fully saturated rings. The molecule has 3 nitrogen and oxygen atoms in total. The van der Waals surface area contributed by atoms with Crippen molar-refractivity contribution in [1.29, 1.82) is 0 Å². The zero-order chi connectivity index (χ0) is 12.9. The van der Waals surface area contributed by atoms with Crippen LogP contribution in [0.5, 0.6) is 0 Å². The molecule has 0 aliphatic heterocycles. The van der Waals surface area contributed by atoms with Crippen molar-refractivity contribution in [3.63, 3.8) is 0 Å². The third-order valence-electron chi connectivity index (χ3n) is 4.28. The molecule has 0 spiro atoms. The smallest absolute Gasteiger partial charge is 0.0797 e. The Hall–Kier alpha value is -0.120. The summed E-state index contributed by atoms with van der Waals surface area (Å²) in [7, 11) is 0. The van der Waals surface area contributed by atoms with Crippen molar-refractivity contribution < 1.29 is 5.11 Å². The summed E-state index contributed by atoms with van der Waals surface area (Å²) in [6.45, 7) is 9.40. The number of hydrogen-bond donors (Lipinski definition) is 2. The van der Waals surface area contributed by atoms with E-state index in [1.165, 1.54) is 6.42 Å². The second-order valence-corrected chi connectivity index (χ2v) is 5.82. The van der Waals surface area contributed by atoms with Gasteiger partial charge in [0.15, 0.2) is 0 Å². The largest absolute Gasteiger partial charge is 0.388 e. The van der Waals surface area contributed by atoms with Gasteiger partial charge in [0.2, 0.25) is 0 Å². The van der Waals surface area contributed by atoms with Gasteiger partial charge in [-0.1, -0.05) is 13.3 Å². The molecule has 0 bridgehead atoms. The SMILES string of the molecule is CCCN(CCC1CCCC1(O)CN)C(C)C. The molecule has 1 rings (SSSR count). The Kier molecular flexibility index (Phi) is 5.90. The van der Waals surface area contributed by atoms with Crippen molar-refractivity contribution in [3.8, 4) is 0 Å². The molecule has 0 heterocycles. The molecule has 0 saturated heterocycles. The summed E-state index contributed by atoms with van der Waals surface area (Å²) >= 11 is 0. The fourth-order valence-corrected chi connectivity index (χ4v) is 3.05. The summed E-state index contributed by atoms with van der Waals surface area (Å²) < 4.78 is 0. The highest BCUT2D eigenvalue weighted by Gasteiger charge is 2.39. The van der Waals surface area contributed by atoms with E-state index in [9.17, 15) is 5.11 Å². The average molecular weight is 242 g/mol. The molecule has 1 saturated carbocycles. The van der Waals surface area contributed by atoms with Gasteiger partial charge in [0.25, 0.3) is 0 Å². The Balaban J connectivity index is 2.43. The molecule has 1 aliphatic carbocycles. The van der Waals surface area contributed by atoms with Crippen LogP contribution in [-0.2, 0) is 0 Å². The molecule has 17 heavy (non-hydrogen) atoms. The minimum atomic E-state index is -0.575. The molecular formula is C14H30N2O. The maximum atomic E-state index is 10.4. The molecule has 3 N–H and O–H groups in total. The fourth-order valence-electron chi connectivity index (χ4n) is 3.05. The van der Waals surface area contributed by atoms with Crippen molar-refractivity contribution in [2.75, 3.05) is 19.6 Å². The number of hydrogen-bond acceptors (Lipinski definition) is 3. The van der Waals surface area contributed by atoms with Crippen molar-refractivity contribution in [2.45, 2.75) is 64.5 Å². The van der Waals surface area contributed by atoms with Gasteiger partial charge in [0.1, 0.15) is 0 Å². The topological polar surface area (TPSA) is 49.5 Å². The van der Waals surface area contributed by atoms with Crippen LogP contribution in [0, 0.1) is 5.92 Å². The lowest BCUT2D eigenvalue weighted by molar-refractivity contribution is 0.00345.